The van der Waals surface area contributed by atoms with Gasteiger partial charge in [-0.2, -0.15) is 0 Å². The molecule has 0 bridgehead atoms. The molecule has 24 heavy (non-hydrogen) atoms. The zero-order chi connectivity index (χ0) is 18.0. The number of carbonyl (C=O) groups excluding carboxylic acids is 1. The number of hydrogen-bond acceptors (Lipinski definition) is 4. The van der Waals surface area contributed by atoms with Crippen LogP contribution in [0.15, 0.2) is 17.1 Å². The van der Waals surface area contributed by atoms with Gasteiger partial charge in [-0.05, 0) is 46.2 Å². The van der Waals surface area contributed by atoms with Crippen LogP contribution in [-0.2, 0) is 17.7 Å². The molecule has 0 fully saturated rings. The summed E-state index contributed by atoms with van der Waals surface area (Å²) in [6, 6.07) is 4.28. The van der Waals surface area contributed by atoms with Crippen LogP contribution in [0.25, 0.3) is 0 Å². The second kappa shape index (κ2) is 10.2. The average molecular weight is 355 g/mol. The lowest BCUT2D eigenvalue weighted by molar-refractivity contribution is 0.0529. The van der Waals surface area contributed by atoms with E-state index < -0.39 is 11.7 Å². The van der Waals surface area contributed by atoms with Crippen molar-refractivity contribution in [2.24, 2.45) is 4.99 Å². The zero-order valence-corrected chi connectivity index (χ0v) is 16.2. The van der Waals surface area contributed by atoms with Gasteiger partial charge >= 0.3 is 6.09 Å². The van der Waals surface area contributed by atoms with Crippen molar-refractivity contribution in [3.63, 3.8) is 0 Å². The van der Waals surface area contributed by atoms with E-state index in [1.165, 1.54) is 9.75 Å². The minimum Gasteiger partial charge on any atom is -0.444 e. The molecule has 0 aliphatic rings. The summed E-state index contributed by atoms with van der Waals surface area (Å²) in [6.45, 7) is 12.2. The van der Waals surface area contributed by atoms with Gasteiger partial charge in [0.1, 0.15) is 5.60 Å². The second-order valence-electron chi connectivity index (χ2n) is 6.27. The SMILES string of the molecule is CCNC(=NCc1ccc(CC)s1)NCCNC(=O)OC(C)(C)C. The van der Waals surface area contributed by atoms with Crippen LogP contribution in [-0.4, -0.2) is 37.3 Å². The van der Waals surface area contributed by atoms with Crippen molar-refractivity contribution in [2.45, 2.75) is 53.2 Å². The van der Waals surface area contributed by atoms with Crippen molar-refractivity contribution < 1.29 is 9.53 Å². The summed E-state index contributed by atoms with van der Waals surface area (Å²) < 4.78 is 5.19. The minimum absolute atomic E-state index is 0.406. The van der Waals surface area contributed by atoms with E-state index in [-0.39, 0.29) is 0 Å². The van der Waals surface area contributed by atoms with Crippen molar-refractivity contribution in [2.75, 3.05) is 19.6 Å². The normalized spacial score (nSPS) is 12.0. The third-order valence-corrected chi connectivity index (χ3v) is 4.10. The van der Waals surface area contributed by atoms with E-state index in [0.29, 0.717) is 19.6 Å². The van der Waals surface area contributed by atoms with Gasteiger partial charge in [0.2, 0.25) is 0 Å². The summed E-state index contributed by atoms with van der Waals surface area (Å²) in [4.78, 5) is 18.8. The first-order valence-corrected chi connectivity index (χ1v) is 9.22. The topological polar surface area (TPSA) is 74.8 Å². The molecule has 136 valence electrons. The van der Waals surface area contributed by atoms with E-state index in [0.717, 1.165) is 18.9 Å². The van der Waals surface area contributed by atoms with Gasteiger partial charge in [-0.15, -0.1) is 11.3 Å². The van der Waals surface area contributed by atoms with Gasteiger partial charge < -0.3 is 20.7 Å². The van der Waals surface area contributed by atoms with Crippen LogP contribution in [0, 0.1) is 0 Å². The molecular formula is C17H30N4O2S. The van der Waals surface area contributed by atoms with Gasteiger partial charge in [0.15, 0.2) is 5.96 Å². The molecule has 7 heteroatoms. The Kier molecular flexibility index (Phi) is 8.60. The number of carbonyl (C=O) groups is 1. The zero-order valence-electron chi connectivity index (χ0n) is 15.4. The van der Waals surface area contributed by atoms with Crippen LogP contribution in [0.2, 0.25) is 0 Å². The van der Waals surface area contributed by atoms with Crippen LogP contribution < -0.4 is 16.0 Å². The number of aliphatic imine (C=N–C) groups is 1. The summed E-state index contributed by atoms with van der Waals surface area (Å²) in [5, 5.41) is 9.12. The van der Waals surface area contributed by atoms with E-state index in [2.05, 4.69) is 40.0 Å². The van der Waals surface area contributed by atoms with Crippen LogP contribution in [0.3, 0.4) is 0 Å². The fourth-order valence-electron chi connectivity index (χ4n) is 1.86. The van der Waals surface area contributed by atoms with E-state index in [1.54, 1.807) is 11.3 Å². The number of aryl methyl sites for hydroxylation is 1. The van der Waals surface area contributed by atoms with Crippen molar-refractivity contribution in [3.05, 3.63) is 21.9 Å². The Morgan fingerprint density at radius 3 is 2.38 bits per heavy atom. The molecule has 1 rings (SSSR count). The Bertz CT molecular complexity index is 535. The van der Waals surface area contributed by atoms with Gasteiger partial charge in [-0.1, -0.05) is 6.92 Å². The van der Waals surface area contributed by atoms with Gasteiger partial charge in [0.05, 0.1) is 6.54 Å². The van der Waals surface area contributed by atoms with E-state index in [4.69, 9.17) is 4.74 Å². The molecule has 1 amide bonds. The quantitative estimate of drug-likeness (QED) is 0.400. The maximum atomic E-state index is 11.6. The van der Waals surface area contributed by atoms with Crippen molar-refractivity contribution >= 4 is 23.4 Å². The molecule has 1 aromatic heterocycles. The molecule has 1 aromatic rings. The van der Waals surface area contributed by atoms with Crippen LogP contribution in [0.4, 0.5) is 4.79 Å². The summed E-state index contributed by atoms with van der Waals surface area (Å²) in [5.41, 5.74) is -0.480. The molecule has 6 nitrogen and oxygen atoms in total. The summed E-state index contributed by atoms with van der Waals surface area (Å²) >= 11 is 1.79. The number of alkyl carbamates (subject to hydrolysis) is 1. The second-order valence-corrected chi connectivity index (χ2v) is 7.53. The summed E-state index contributed by atoms with van der Waals surface area (Å²) in [7, 11) is 0. The Balaban J connectivity index is 2.37. The highest BCUT2D eigenvalue weighted by Crippen LogP contribution is 2.17. The third-order valence-electron chi connectivity index (χ3n) is 2.89. The number of ether oxygens (including phenoxy) is 1. The molecule has 0 saturated heterocycles. The van der Waals surface area contributed by atoms with Gasteiger partial charge in [0, 0.05) is 29.4 Å². The predicted molar refractivity (Wildman–Crippen MR) is 101 cm³/mol. The van der Waals surface area contributed by atoms with Gasteiger partial charge in [-0.3, -0.25) is 0 Å². The van der Waals surface area contributed by atoms with E-state index in [1.807, 2.05) is 27.7 Å². The van der Waals surface area contributed by atoms with Crippen LogP contribution in [0.1, 0.15) is 44.4 Å². The van der Waals surface area contributed by atoms with Gasteiger partial charge in [-0.25, -0.2) is 9.79 Å². The number of rotatable bonds is 7. The first kappa shape index (κ1) is 20.3. The molecule has 0 spiro atoms. The first-order chi connectivity index (χ1) is 11.3. The van der Waals surface area contributed by atoms with Gasteiger partial charge in [0.25, 0.3) is 0 Å². The smallest absolute Gasteiger partial charge is 0.407 e. The predicted octanol–water partition coefficient (Wildman–Crippen LogP) is 2.89. The van der Waals surface area contributed by atoms with Crippen LogP contribution in [0.5, 0.6) is 0 Å². The molecule has 0 saturated carbocycles. The maximum Gasteiger partial charge on any atom is 0.407 e. The first-order valence-electron chi connectivity index (χ1n) is 8.40. The van der Waals surface area contributed by atoms with Crippen LogP contribution >= 0.6 is 11.3 Å². The molecule has 0 atom stereocenters. The molecule has 0 aliphatic carbocycles. The molecule has 0 unspecified atom stereocenters. The lowest BCUT2D eigenvalue weighted by Crippen LogP contribution is -2.42. The molecule has 0 aromatic carbocycles. The number of guanidine groups is 1. The fraction of sp³-hybridized carbons (Fsp3) is 0.647. The Hall–Kier alpha value is -1.76. The Morgan fingerprint density at radius 2 is 1.79 bits per heavy atom. The lowest BCUT2D eigenvalue weighted by Gasteiger charge is -2.19. The molecule has 3 N–H and O–H groups in total. The lowest BCUT2D eigenvalue weighted by atomic mass is 10.2. The summed E-state index contributed by atoms with van der Waals surface area (Å²) in [5.74, 6) is 0.745. The number of nitrogens with one attached hydrogen (secondary N) is 3. The molecule has 1 heterocycles. The standard InChI is InChI=1S/C17H30N4O2S/c1-6-13-8-9-14(24-13)12-21-15(18-7-2)19-10-11-20-16(22)23-17(3,4)5/h8-9H,6-7,10-12H2,1-5H3,(H,20,22)(H2,18,19,21). The maximum absolute atomic E-state index is 11.6. The highest BCUT2D eigenvalue weighted by atomic mass is 32.1. The molecular weight excluding hydrogens is 324 g/mol. The Morgan fingerprint density at radius 1 is 1.12 bits per heavy atom. The van der Waals surface area contributed by atoms with Crippen molar-refractivity contribution in [1.82, 2.24) is 16.0 Å². The largest absolute Gasteiger partial charge is 0.444 e. The fourth-order valence-corrected chi connectivity index (χ4v) is 2.74. The summed E-state index contributed by atoms with van der Waals surface area (Å²) in [6.07, 6.45) is 0.653. The molecule has 0 aliphatic heterocycles. The van der Waals surface area contributed by atoms with E-state index >= 15 is 0 Å². The minimum atomic E-state index is -0.480. The highest BCUT2D eigenvalue weighted by Gasteiger charge is 2.15. The van der Waals surface area contributed by atoms with Crippen molar-refractivity contribution in [3.8, 4) is 0 Å². The van der Waals surface area contributed by atoms with E-state index in [9.17, 15) is 4.79 Å². The highest BCUT2D eigenvalue weighted by molar-refractivity contribution is 7.11. The Labute approximate surface area is 149 Å². The molecule has 0 radical (unpaired) electrons. The third kappa shape index (κ3) is 8.76. The monoisotopic (exact) mass is 354 g/mol. The number of amides is 1. The number of nitrogens with zero attached hydrogens (tertiary/aromatic N) is 1. The number of hydrogen-bond donors (Lipinski definition) is 3. The average Bonchev–Trinajstić information content (AvgIpc) is 2.95. The number of thiophene rings is 1. The van der Waals surface area contributed by atoms with Crippen molar-refractivity contribution in [1.29, 1.82) is 0 Å².